The topological polar surface area (TPSA) is 87.6 Å². The van der Waals surface area contributed by atoms with Crippen molar-refractivity contribution < 1.29 is 14.3 Å². The van der Waals surface area contributed by atoms with E-state index in [9.17, 15) is 4.79 Å². The van der Waals surface area contributed by atoms with Crippen molar-refractivity contribution in [3.8, 4) is 11.5 Å². The minimum absolute atomic E-state index is 0.0146. The Kier molecular flexibility index (Phi) is 4.95. The Morgan fingerprint density at radius 2 is 1.20 bits per heavy atom. The number of Topliss-reactive ketones (excluding diaryl/α,β-unsaturated/α-hetero) is 1. The number of carbonyl (C=O) groups excluding carboxylic acids is 1. The van der Waals surface area contributed by atoms with Crippen molar-refractivity contribution in [1.82, 2.24) is 0 Å². The zero-order chi connectivity index (χ0) is 21.7. The van der Waals surface area contributed by atoms with Crippen LogP contribution >= 0.6 is 0 Å². The summed E-state index contributed by atoms with van der Waals surface area (Å²) in [6.07, 6.45) is 2.54. The third kappa shape index (κ3) is 3.73. The number of benzene rings is 2. The second-order valence-electron chi connectivity index (χ2n) is 9.98. The molecule has 5 heteroatoms. The third-order valence-electron chi connectivity index (χ3n) is 6.56. The zero-order valence-corrected chi connectivity index (χ0v) is 18.4. The monoisotopic (exact) mass is 408 g/mol. The van der Waals surface area contributed by atoms with Crippen LogP contribution in [0.5, 0.6) is 11.5 Å². The normalized spacial score (nSPS) is 18.5. The molecule has 160 valence electrons. The van der Waals surface area contributed by atoms with Crippen molar-refractivity contribution in [3.63, 3.8) is 0 Å². The average Bonchev–Trinajstić information content (AvgIpc) is 2.63. The molecule has 0 atom stereocenters. The summed E-state index contributed by atoms with van der Waals surface area (Å²) in [5, 5.41) is 0. The summed E-state index contributed by atoms with van der Waals surface area (Å²) in [6, 6.07) is 7.91. The van der Waals surface area contributed by atoms with Crippen molar-refractivity contribution in [2.75, 3.05) is 24.7 Å². The predicted molar refractivity (Wildman–Crippen MR) is 120 cm³/mol. The SMILES string of the molecule is CC1(C)CCOc2c(N)cc(CC(=O)Cc3cc(N)c4c(c3)C(C)(C)CCO4)cc21. The average molecular weight is 409 g/mol. The minimum Gasteiger partial charge on any atom is -0.491 e. The van der Waals surface area contributed by atoms with Crippen LogP contribution in [-0.4, -0.2) is 19.0 Å². The number of hydrogen-bond donors (Lipinski definition) is 2. The Morgan fingerprint density at radius 3 is 1.60 bits per heavy atom. The molecule has 5 nitrogen and oxygen atoms in total. The van der Waals surface area contributed by atoms with Crippen LogP contribution in [0.4, 0.5) is 11.4 Å². The van der Waals surface area contributed by atoms with Gasteiger partial charge in [-0.3, -0.25) is 4.79 Å². The molecule has 0 aromatic heterocycles. The van der Waals surface area contributed by atoms with Gasteiger partial charge in [-0.2, -0.15) is 0 Å². The molecule has 4 N–H and O–H groups in total. The summed E-state index contributed by atoms with van der Waals surface area (Å²) >= 11 is 0. The summed E-state index contributed by atoms with van der Waals surface area (Å²) in [7, 11) is 0. The largest absolute Gasteiger partial charge is 0.491 e. The number of hydrogen-bond acceptors (Lipinski definition) is 5. The number of rotatable bonds is 4. The number of anilines is 2. The molecule has 0 spiro atoms. The predicted octanol–water partition coefficient (Wildman–Crippen LogP) is 4.33. The molecular formula is C25H32N2O3. The first-order valence-corrected chi connectivity index (χ1v) is 10.7. The third-order valence-corrected chi connectivity index (χ3v) is 6.56. The highest BCUT2D eigenvalue weighted by atomic mass is 16.5. The smallest absolute Gasteiger partial charge is 0.145 e. The molecule has 2 aromatic carbocycles. The van der Waals surface area contributed by atoms with E-state index in [4.69, 9.17) is 20.9 Å². The molecule has 2 aromatic rings. The Morgan fingerprint density at radius 1 is 0.800 bits per heavy atom. The molecule has 0 bridgehead atoms. The summed E-state index contributed by atoms with van der Waals surface area (Å²) in [5.74, 6) is 1.68. The summed E-state index contributed by atoms with van der Waals surface area (Å²) in [4.78, 5) is 12.9. The highest BCUT2D eigenvalue weighted by molar-refractivity contribution is 5.84. The summed E-state index contributed by atoms with van der Waals surface area (Å²) in [5.41, 5.74) is 17.7. The Hall–Kier alpha value is -2.69. The zero-order valence-electron chi connectivity index (χ0n) is 18.4. The fourth-order valence-electron chi connectivity index (χ4n) is 4.56. The first kappa shape index (κ1) is 20.6. The van der Waals surface area contributed by atoms with Gasteiger partial charge in [0, 0.05) is 24.0 Å². The van der Waals surface area contributed by atoms with Gasteiger partial charge in [0.25, 0.3) is 0 Å². The van der Waals surface area contributed by atoms with Gasteiger partial charge in [-0.1, -0.05) is 39.8 Å². The standard InChI is InChI=1S/C25H32N2O3/c1-24(2)5-7-29-22-18(24)11-15(13-20(22)26)9-17(28)10-16-12-19-23(21(27)14-16)30-8-6-25(19,3)4/h11-14H,5-10,26-27H2,1-4H3. The minimum atomic E-state index is -0.0146. The van der Waals surface area contributed by atoms with Crippen LogP contribution in [0.25, 0.3) is 0 Å². The Bertz CT molecular complexity index is 928. The van der Waals surface area contributed by atoms with Crippen LogP contribution in [0.2, 0.25) is 0 Å². The van der Waals surface area contributed by atoms with E-state index < -0.39 is 0 Å². The fourth-order valence-corrected chi connectivity index (χ4v) is 4.56. The van der Waals surface area contributed by atoms with E-state index in [0.717, 1.165) is 46.6 Å². The van der Waals surface area contributed by atoms with Gasteiger partial charge >= 0.3 is 0 Å². The van der Waals surface area contributed by atoms with Crippen molar-refractivity contribution in [2.45, 2.75) is 64.2 Å². The molecule has 30 heavy (non-hydrogen) atoms. The first-order chi connectivity index (χ1) is 14.1. The van der Waals surface area contributed by atoms with E-state index in [1.807, 2.05) is 12.1 Å². The second kappa shape index (κ2) is 7.22. The first-order valence-electron chi connectivity index (χ1n) is 10.7. The fraction of sp³-hybridized carbons (Fsp3) is 0.480. The number of ether oxygens (including phenoxy) is 2. The molecule has 0 amide bonds. The molecule has 0 radical (unpaired) electrons. The van der Waals surface area contributed by atoms with Gasteiger partial charge in [-0.15, -0.1) is 0 Å². The molecule has 0 unspecified atom stereocenters. The van der Waals surface area contributed by atoms with E-state index in [1.54, 1.807) is 0 Å². The number of carbonyl (C=O) groups is 1. The lowest BCUT2D eigenvalue weighted by Gasteiger charge is -2.33. The molecule has 2 aliphatic rings. The van der Waals surface area contributed by atoms with E-state index >= 15 is 0 Å². The van der Waals surface area contributed by atoms with E-state index in [0.29, 0.717) is 37.4 Å². The molecule has 0 aliphatic carbocycles. The quantitative estimate of drug-likeness (QED) is 0.736. The highest BCUT2D eigenvalue weighted by Gasteiger charge is 2.32. The molecule has 0 fully saturated rings. The van der Waals surface area contributed by atoms with Gasteiger partial charge in [0.05, 0.1) is 24.6 Å². The number of fused-ring (bicyclic) bond motifs is 2. The lowest BCUT2D eigenvalue weighted by atomic mass is 9.78. The number of nitrogen functional groups attached to an aromatic ring is 2. The van der Waals surface area contributed by atoms with E-state index in [-0.39, 0.29) is 16.6 Å². The lowest BCUT2D eigenvalue weighted by Crippen LogP contribution is -2.28. The van der Waals surface area contributed by atoms with Gasteiger partial charge in [0.2, 0.25) is 0 Å². The second-order valence-corrected chi connectivity index (χ2v) is 9.98. The van der Waals surface area contributed by atoms with E-state index in [1.165, 1.54) is 0 Å². The molecule has 0 saturated heterocycles. The van der Waals surface area contributed by atoms with Crippen molar-refractivity contribution in [2.24, 2.45) is 0 Å². The maximum atomic E-state index is 12.9. The van der Waals surface area contributed by atoms with E-state index in [2.05, 4.69) is 39.8 Å². The van der Waals surface area contributed by atoms with Gasteiger partial charge in [-0.05, 0) is 46.9 Å². The molecule has 2 aliphatic heterocycles. The van der Waals surface area contributed by atoms with Crippen molar-refractivity contribution >= 4 is 17.2 Å². The van der Waals surface area contributed by atoms with Gasteiger partial charge < -0.3 is 20.9 Å². The highest BCUT2D eigenvalue weighted by Crippen LogP contribution is 2.43. The molecule has 4 rings (SSSR count). The molecule has 2 heterocycles. The van der Waals surface area contributed by atoms with Crippen molar-refractivity contribution in [1.29, 1.82) is 0 Å². The van der Waals surface area contributed by atoms with Crippen LogP contribution < -0.4 is 20.9 Å². The maximum Gasteiger partial charge on any atom is 0.145 e. The Balaban J connectivity index is 1.57. The van der Waals surface area contributed by atoms with Gasteiger partial charge in [0.1, 0.15) is 17.3 Å². The molecular weight excluding hydrogens is 376 g/mol. The lowest BCUT2D eigenvalue weighted by molar-refractivity contribution is -0.117. The summed E-state index contributed by atoms with van der Waals surface area (Å²) in [6.45, 7) is 10.1. The van der Waals surface area contributed by atoms with Crippen LogP contribution in [0.15, 0.2) is 24.3 Å². The van der Waals surface area contributed by atoms with Crippen LogP contribution in [0.1, 0.15) is 62.8 Å². The molecule has 0 saturated carbocycles. The van der Waals surface area contributed by atoms with Gasteiger partial charge in [-0.25, -0.2) is 0 Å². The maximum absolute atomic E-state index is 12.9. The van der Waals surface area contributed by atoms with Gasteiger partial charge in [0.15, 0.2) is 0 Å². The number of nitrogens with two attached hydrogens (primary N) is 2. The van der Waals surface area contributed by atoms with Crippen molar-refractivity contribution in [3.05, 3.63) is 46.5 Å². The Labute approximate surface area is 178 Å². The van der Waals surface area contributed by atoms with Crippen LogP contribution in [-0.2, 0) is 28.5 Å². The summed E-state index contributed by atoms with van der Waals surface area (Å²) < 4.78 is 11.6. The van der Waals surface area contributed by atoms with Crippen LogP contribution in [0.3, 0.4) is 0 Å². The van der Waals surface area contributed by atoms with Crippen LogP contribution in [0, 0.1) is 0 Å². The number of ketones is 1.